The molecule has 0 atom stereocenters. The van der Waals surface area contributed by atoms with Crippen LogP contribution in [0.3, 0.4) is 0 Å². The third-order valence-corrected chi connectivity index (χ3v) is 5.02. The van der Waals surface area contributed by atoms with Crippen LogP contribution >= 0.6 is 0 Å². The van der Waals surface area contributed by atoms with Gasteiger partial charge in [-0.3, -0.25) is 19.6 Å². The maximum Gasteiger partial charge on any atom is 0.163 e. The van der Waals surface area contributed by atoms with E-state index in [2.05, 4.69) is 23.3 Å². The molecule has 176 valence electrons. The van der Waals surface area contributed by atoms with Crippen LogP contribution in [0.4, 0.5) is 5.69 Å². The Morgan fingerprint density at radius 1 is 1.00 bits per heavy atom. The normalized spacial score (nSPS) is 10.9. The molecule has 0 aliphatic heterocycles. The second-order valence-corrected chi connectivity index (χ2v) is 7.47. The van der Waals surface area contributed by atoms with Gasteiger partial charge in [-0.1, -0.05) is 36.9 Å². The van der Waals surface area contributed by atoms with E-state index < -0.39 is 0 Å². The molecular weight excluding hydrogens is 440 g/mol. The van der Waals surface area contributed by atoms with E-state index in [1.54, 1.807) is 55.8 Å². The highest BCUT2D eigenvalue weighted by molar-refractivity contribution is 6.11. The van der Waals surface area contributed by atoms with Gasteiger partial charge in [0.05, 0.1) is 24.9 Å². The van der Waals surface area contributed by atoms with Crippen molar-refractivity contribution in [3.8, 4) is 11.5 Å². The predicted molar refractivity (Wildman–Crippen MR) is 140 cm³/mol. The number of nitrogens with zero attached hydrogens (tertiary/aromatic N) is 2. The highest BCUT2D eigenvalue weighted by Crippen LogP contribution is 2.26. The number of aromatic nitrogens is 1. The van der Waals surface area contributed by atoms with Crippen molar-refractivity contribution in [1.29, 1.82) is 0 Å². The van der Waals surface area contributed by atoms with Gasteiger partial charge >= 0.3 is 0 Å². The Balaban J connectivity index is 1.58. The number of rotatable bonds is 12. The van der Waals surface area contributed by atoms with Gasteiger partial charge in [0.15, 0.2) is 11.6 Å². The number of hydrogen-bond donors (Lipinski definition) is 0. The van der Waals surface area contributed by atoms with Gasteiger partial charge in [0.25, 0.3) is 0 Å². The number of aliphatic imine (C=N–C) groups is 1. The lowest BCUT2D eigenvalue weighted by Gasteiger charge is -2.09. The molecule has 1 aromatic heterocycles. The lowest BCUT2D eigenvalue weighted by atomic mass is 10.1. The second-order valence-electron chi connectivity index (χ2n) is 7.47. The Labute approximate surface area is 205 Å². The second kappa shape index (κ2) is 12.6. The van der Waals surface area contributed by atoms with Crippen LogP contribution in [-0.4, -0.2) is 30.4 Å². The van der Waals surface area contributed by atoms with Crippen molar-refractivity contribution in [3.63, 3.8) is 0 Å². The molecular formula is C29H26N2O4. The van der Waals surface area contributed by atoms with Crippen molar-refractivity contribution in [2.24, 2.45) is 4.99 Å². The van der Waals surface area contributed by atoms with Crippen LogP contribution in [-0.2, 0) is 16.2 Å². The maximum absolute atomic E-state index is 12.3. The molecule has 2 aromatic carbocycles. The van der Waals surface area contributed by atoms with Crippen LogP contribution in [0, 0.1) is 0 Å². The lowest BCUT2D eigenvalue weighted by Crippen LogP contribution is -2.02. The highest BCUT2D eigenvalue weighted by Gasteiger charge is 2.07. The molecule has 35 heavy (non-hydrogen) atoms. The zero-order valence-electron chi connectivity index (χ0n) is 19.5. The molecule has 0 fully saturated rings. The zero-order valence-corrected chi connectivity index (χ0v) is 19.5. The van der Waals surface area contributed by atoms with Crippen LogP contribution in [0.5, 0.6) is 11.5 Å². The molecule has 3 aromatic rings. The number of pyridine rings is 1. The first-order chi connectivity index (χ1) is 17.0. The van der Waals surface area contributed by atoms with Crippen molar-refractivity contribution in [3.05, 3.63) is 102 Å². The van der Waals surface area contributed by atoms with Crippen molar-refractivity contribution in [2.75, 3.05) is 7.11 Å². The summed E-state index contributed by atoms with van der Waals surface area (Å²) >= 11 is 0. The summed E-state index contributed by atoms with van der Waals surface area (Å²) in [6.45, 7) is 7.60. The molecule has 1 heterocycles. The van der Waals surface area contributed by atoms with E-state index in [4.69, 9.17) is 9.47 Å². The molecule has 0 saturated heterocycles. The van der Waals surface area contributed by atoms with Crippen LogP contribution < -0.4 is 9.47 Å². The number of carbonyl (C=O) groups is 2. The van der Waals surface area contributed by atoms with Crippen LogP contribution in [0.15, 0.2) is 84.5 Å². The minimum absolute atomic E-state index is 0.238. The molecule has 0 bridgehead atoms. The molecule has 0 unspecified atom stereocenters. The quantitative estimate of drug-likeness (QED) is 0.189. The fourth-order valence-corrected chi connectivity index (χ4v) is 3.20. The summed E-state index contributed by atoms with van der Waals surface area (Å²) in [7, 11) is 1.54. The van der Waals surface area contributed by atoms with E-state index in [9.17, 15) is 9.59 Å². The zero-order chi connectivity index (χ0) is 25.0. The number of ether oxygens (including phenoxy) is 2. The van der Waals surface area contributed by atoms with Gasteiger partial charge in [-0.05, 0) is 66.4 Å². The van der Waals surface area contributed by atoms with Gasteiger partial charge in [-0.25, -0.2) is 0 Å². The standard InChI is InChI=1S/C29H26N2O4/c1-4-22-10-8-21(17-28(22)30-2)9-13-25(32)18-26(33)14-11-23-12-15-27(19-29(23)34-3)35-20-24-7-5-6-16-31-24/h4-17,19H,1-2,18,20H2,3H3/b13-9+,14-11+. The number of allylic oxidation sites excluding steroid dienone is 2. The molecule has 0 spiro atoms. The number of ketones is 2. The van der Waals surface area contributed by atoms with E-state index in [-0.39, 0.29) is 18.0 Å². The summed E-state index contributed by atoms with van der Waals surface area (Å²) < 4.78 is 11.2. The van der Waals surface area contributed by atoms with Crippen molar-refractivity contribution < 1.29 is 19.1 Å². The Bertz CT molecular complexity index is 1280. The highest BCUT2D eigenvalue weighted by atomic mass is 16.5. The summed E-state index contributed by atoms with van der Waals surface area (Å²) in [6.07, 6.45) is 9.18. The van der Waals surface area contributed by atoms with E-state index in [0.717, 1.165) is 16.8 Å². The molecule has 0 saturated carbocycles. The van der Waals surface area contributed by atoms with Crippen LogP contribution in [0.1, 0.15) is 28.8 Å². The fraction of sp³-hybridized carbons (Fsp3) is 0.103. The summed E-state index contributed by atoms with van der Waals surface area (Å²) in [5, 5.41) is 0. The smallest absolute Gasteiger partial charge is 0.163 e. The minimum atomic E-state index is -0.312. The summed E-state index contributed by atoms with van der Waals surface area (Å²) in [5.74, 6) is 0.555. The molecule has 0 amide bonds. The number of carbonyl (C=O) groups excluding carboxylic acids is 2. The van der Waals surface area contributed by atoms with Crippen molar-refractivity contribution >= 4 is 42.2 Å². The lowest BCUT2D eigenvalue weighted by molar-refractivity contribution is -0.121. The van der Waals surface area contributed by atoms with Gasteiger partial charge in [0, 0.05) is 17.8 Å². The largest absolute Gasteiger partial charge is 0.496 e. The molecule has 6 nitrogen and oxygen atoms in total. The Kier molecular flexibility index (Phi) is 9.02. The third kappa shape index (κ3) is 7.47. The summed E-state index contributed by atoms with van der Waals surface area (Å²) in [4.78, 5) is 32.7. The predicted octanol–water partition coefficient (Wildman–Crippen LogP) is 5.90. The first-order valence-corrected chi connectivity index (χ1v) is 10.9. The molecule has 6 heteroatoms. The van der Waals surface area contributed by atoms with E-state index >= 15 is 0 Å². The molecule has 0 aliphatic carbocycles. The number of methoxy groups -OCH3 is 1. The van der Waals surface area contributed by atoms with Gasteiger partial charge in [-0.15, -0.1) is 0 Å². The third-order valence-electron chi connectivity index (χ3n) is 5.02. The van der Waals surface area contributed by atoms with Crippen LogP contribution in [0.2, 0.25) is 0 Å². The van der Waals surface area contributed by atoms with E-state index in [1.165, 1.54) is 12.2 Å². The Morgan fingerprint density at radius 3 is 2.46 bits per heavy atom. The Morgan fingerprint density at radius 2 is 1.77 bits per heavy atom. The fourth-order valence-electron chi connectivity index (χ4n) is 3.20. The average molecular weight is 467 g/mol. The van der Waals surface area contributed by atoms with E-state index in [1.807, 2.05) is 30.3 Å². The molecule has 3 rings (SSSR count). The van der Waals surface area contributed by atoms with Crippen molar-refractivity contribution in [1.82, 2.24) is 4.98 Å². The van der Waals surface area contributed by atoms with Gasteiger partial charge in [0.1, 0.15) is 18.1 Å². The minimum Gasteiger partial charge on any atom is -0.496 e. The average Bonchev–Trinajstić information content (AvgIpc) is 2.90. The Hall–Kier alpha value is -4.58. The van der Waals surface area contributed by atoms with E-state index in [0.29, 0.717) is 29.4 Å². The monoisotopic (exact) mass is 466 g/mol. The van der Waals surface area contributed by atoms with Gasteiger partial charge in [0.2, 0.25) is 0 Å². The SMILES string of the molecule is C=Cc1ccc(/C=C/C(=O)CC(=O)/C=C/c2ccc(OCc3ccccn3)cc2OC)cc1N=C. The molecule has 0 aliphatic rings. The molecule has 0 radical (unpaired) electrons. The summed E-state index contributed by atoms with van der Waals surface area (Å²) in [6, 6.07) is 16.4. The molecule has 0 N–H and O–H groups in total. The number of hydrogen-bond acceptors (Lipinski definition) is 6. The first kappa shape index (κ1) is 25.1. The van der Waals surface area contributed by atoms with Gasteiger partial charge in [-0.2, -0.15) is 0 Å². The number of benzene rings is 2. The summed E-state index contributed by atoms with van der Waals surface area (Å²) in [5.41, 5.74) is 3.82. The van der Waals surface area contributed by atoms with Crippen LogP contribution in [0.25, 0.3) is 18.2 Å². The maximum atomic E-state index is 12.3. The van der Waals surface area contributed by atoms with Gasteiger partial charge < -0.3 is 9.47 Å². The first-order valence-electron chi connectivity index (χ1n) is 10.9. The topological polar surface area (TPSA) is 77.9 Å². The van der Waals surface area contributed by atoms with Crippen molar-refractivity contribution in [2.45, 2.75) is 13.0 Å².